The second kappa shape index (κ2) is 10.9. The van der Waals surface area contributed by atoms with Crippen LogP contribution in [0.15, 0.2) is 39.5 Å². The Hall–Kier alpha value is -0.800. The summed E-state index contributed by atoms with van der Waals surface area (Å²) >= 11 is 3.45. The van der Waals surface area contributed by atoms with Gasteiger partial charge in [-0.15, -0.1) is 47.1 Å². The molecule has 7 heteroatoms. The first-order valence-electron chi connectivity index (χ1n) is 7.19. The topological polar surface area (TPSA) is 49.3 Å². The van der Waals surface area contributed by atoms with E-state index in [2.05, 4.69) is 56.5 Å². The van der Waals surface area contributed by atoms with Gasteiger partial charge in [0.25, 0.3) is 0 Å². The molecule has 0 aliphatic carbocycles. The lowest BCUT2D eigenvalue weighted by molar-refractivity contribution is 0.785. The Labute approximate surface area is 163 Å². The molecular weight excluding hydrogens is 439 g/mol. The summed E-state index contributed by atoms with van der Waals surface area (Å²) in [7, 11) is 1.79. The fourth-order valence-electron chi connectivity index (χ4n) is 1.98. The minimum atomic E-state index is 0. The number of nitrogens with one attached hydrogen (secondary N) is 2. The normalized spacial score (nSPS) is 11.0. The first-order chi connectivity index (χ1) is 10.7. The molecule has 1 heterocycles. The van der Waals surface area contributed by atoms with Gasteiger partial charge in [-0.1, -0.05) is 12.1 Å². The van der Waals surface area contributed by atoms with Crippen LogP contribution in [-0.2, 0) is 13.0 Å². The third-order valence-corrected chi connectivity index (χ3v) is 4.75. The third-order valence-electron chi connectivity index (χ3n) is 3.18. The molecule has 2 rings (SSSR count). The molecule has 0 fully saturated rings. The van der Waals surface area contributed by atoms with Crippen LogP contribution in [0.3, 0.4) is 0 Å². The number of nitrogens with zero attached hydrogens (tertiary/aromatic N) is 2. The van der Waals surface area contributed by atoms with Crippen LogP contribution in [0, 0.1) is 6.92 Å². The van der Waals surface area contributed by atoms with Crippen molar-refractivity contribution in [3.05, 3.63) is 45.9 Å². The van der Waals surface area contributed by atoms with Gasteiger partial charge < -0.3 is 10.6 Å². The van der Waals surface area contributed by atoms with Crippen molar-refractivity contribution in [3.63, 3.8) is 0 Å². The van der Waals surface area contributed by atoms with Gasteiger partial charge in [-0.3, -0.25) is 4.99 Å². The standard InChI is InChI=1S/C16H22N4S2.HI/c1-12-20-14(11-22-12)8-9-18-16(17-2)19-10-13-4-6-15(21-3)7-5-13;/h4-7,11H,8-10H2,1-3H3,(H2,17,18,19);1H. The fraction of sp³-hybridized carbons (Fsp3) is 0.375. The first kappa shape index (κ1) is 20.2. The zero-order valence-corrected chi connectivity index (χ0v) is 17.6. The van der Waals surface area contributed by atoms with E-state index in [1.165, 1.54) is 10.5 Å². The van der Waals surface area contributed by atoms with E-state index >= 15 is 0 Å². The van der Waals surface area contributed by atoms with Crippen LogP contribution in [0.1, 0.15) is 16.3 Å². The number of halogens is 1. The second-order valence-electron chi connectivity index (χ2n) is 4.81. The fourth-order valence-corrected chi connectivity index (χ4v) is 3.04. The van der Waals surface area contributed by atoms with E-state index in [1.807, 2.05) is 6.92 Å². The number of rotatable bonds is 6. The summed E-state index contributed by atoms with van der Waals surface area (Å²) in [6.45, 7) is 3.63. The van der Waals surface area contributed by atoms with Crippen LogP contribution >= 0.6 is 47.1 Å². The Morgan fingerprint density at radius 3 is 2.57 bits per heavy atom. The van der Waals surface area contributed by atoms with Crippen molar-refractivity contribution in [1.82, 2.24) is 15.6 Å². The molecule has 0 aliphatic rings. The number of aromatic nitrogens is 1. The van der Waals surface area contributed by atoms with Crippen LogP contribution in [0.4, 0.5) is 0 Å². The van der Waals surface area contributed by atoms with Gasteiger partial charge in [0.2, 0.25) is 0 Å². The Kier molecular flexibility index (Phi) is 9.57. The predicted molar refractivity (Wildman–Crippen MR) is 112 cm³/mol. The molecule has 0 unspecified atom stereocenters. The molecule has 1 aromatic carbocycles. The van der Waals surface area contributed by atoms with Crippen molar-refractivity contribution in [1.29, 1.82) is 0 Å². The minimum absolute atomic E-state index is 0. The number of thioether (sulfide) groups is 1. The molecule has 4 nitrogen and oxygen atoms in total. The predicted octanol–water partition coefficient (Wildman–Crippen LogP) is 3.70. The summed E-state index contributed by atoms with van der Waals surface area (Å²) in [4.78, 5) is 9.99. The van der Waals surface area contributed by atoms with E-state index in [0.717, 1.165) is 36.2 Å². The smallest absolute Gasteiger partial charge is 0.191 e. The van der Waals surface area contributed by atoms with Crippen molar-refractivity contribution in [2.75, 3.05) is 19.8 Å². The lowest BCUT2D eigenvalue weighted by atomic mass is 10.2. The van der Waals surface area contributed by atoms with Crippen LogP contribution in [0.2, 0.25) is 0 Å². The van der Waals surface area contributed by atoms with Gasteiger partial charge in [0, 0.05) is 36.8 Å². The van der Waals surface area contributed by atoms with E-state index in [9.17, 15) is 0 Å². The SMILES string of the molecule is CN=C(NCCc1csc(C)n1)NCc1ccc(SC)cc1.I. The third kappa shape index (κ3) is 7.09. The quantitative estimate of drug-likeness (QED) is 0.298. The molecule has 0 saturated carbocycles. The molecule has 0 bridgehead atoms. The van der Waals surface area contributed by atoms with E-state index in [0.29, 0.717) is 0 Å². The molecule has 0 radical (unpaired) electrons. The molecule has 2 aromatic rings. The summed E-state index contributed by atoms with van der Waals surface area (Å²) < 4.78 is 0. The summed E-state index contributed by atoms with van der Waals surface area (Å²) in [5.41, 5.74) is 2.38. The first-order valence-corrected chi connectivity index (χ1v) is 9.30. The Balaban J connectivity index is 0.00000264. The van der Waals surface area contributed by atoms with Gasteiger partial charge in [0.1, 0.15) is 0 Å². The second-order valence-corrected chi connectivity index (χ2v) is 6.75. The molecule has 0 saturated heterocycles. The monoisotopic (exact) mass is 462 g/mol. The maximum Gasteiger partial charge on any atom is 0.191 e. The summed E-state index contributed by atoms with van der Waals surface area (Å²) in [5, 5.41) is 9.88. The van der Waals surface area contributed by atoms with Crippen molar-refractivity contribution in [2.45, 2.75) is 24.8 Å². The van der Waals surface area contributed by atoms with Gasteiger partial charge in [0.05, 0.1) is 10.7 Å². The molecule has 0 atom stereocenters. The summed E-state index contributed by atoms with van der Waals surface area (Å²) in [6, 6.07) is 8.57. The van der Waals surface area contributed by atoms with Crippen LogP contribution in [0.25, 0.3) is 0 Å². The van der Waals surface area contributed by atoms with Gasteiger partial charge in [-0.05, 0) is 30.9 Å². The molecule has 23 heavy (non-hydrogen) atoms. The van der Waals surface area contributed by atoms with Gasteiger partial charge >= 0.3 is 0 Å². The van der Waals surface area contributed by atoms with Crippen molar-refractivity contribution in [2.24, 2.45) is 4.99 Å². The van der Waals surface area contributed by atoms with Crippen molar-refractivity contribution >= 4 is 53.0 Å². The lowest BCUT2D eigenvalue weighted by Gasteiger charge is -2.11. The highest BCUT2D eigenvalue weighted by Gasteiger charge is 2.01. The highest BCUT2D eigenvalue weighted by atomic mass is 127. The zero-order chi connectivity index (χ0) is 15.8. The highest BCUT2D eigenvalue weighted by molar-refractivity contribution is 14.0. The average Bonchev–Trinajstić information content (AvgIpc) is 2.96. The number of hydrogen-bond donors (Lipinski definition) is 2. The number of aliphatic imine (C=N–C) groups is 1. The van der Waals surface area contributed by atoms with Gasteiger partial charge in [-0.2, -0.15) is 0 Å². The number of thiazole rings is 1. The van der Waals surface area contributed by atoms with Crippen LogP contribution < -0.4 is 10.6 Å². The van der Waals surface area contributed by atoms with Gasteiger partial charge in [-0.25, -0.2) is 4.98 Å². The molecule has 2 N–H and O–H groups in total. The summed E-state index contributed by atoms with van der Waals surface area (Å²) in [6.07, 6.45) is 3.00. The Morgan fingerprint density at radius 2 is 2.00 bits per heavy atom. The largest absolute Gasteiger partial charge is 0.356 e. The molecular formula is C16H23IN4S2. The minimum Gasteiger partial charge on any atom is -0.356 e. The van der Waals surface area contributed by atoms with Crippen LogP contribution in [-0.4, -0.2) is 30.8 Å². The van der Waals surface area contributed by atoms with E-state index < -0.39 is 0 Å². The van der Waals surface area contributed by atoms with Crippen molar-refractivity contribution < 1.29 is 0 Å². The molecule has 1 aromatic heterocycles. The number of benzene rings is 1. The van der Waals surface area contributed by atoms with E-state index in [4.69, 9.17) is 0 Å². The number of aryl methyl sites for hydroxylation is 1. The zero-order valence-electron chi connectivity index (χ0n) is 13.6. The molecule has 126 valence electrons. The number of hydrogen-bond acceptors (Lipinski definition) is 4. The maximum atomic E-state index is 4.46. The number of guanidine groups is 1. The molecule has 0 aliphatic heterocycles. The Morgan fingerprint density at radius 1 is 1.26 bits per heavy atom. The van der Waals surface area contributed by atoms with Gasteiger partial charge in [0.15, 0.2) is 5.96 Å². The van der Waals surface area contributed by atoms with E-state index in [-0.39, 0.29) is 24.0 Å². The van der Waals surface area contributed by atoms with E-state index in [1.54, 1.807) is 30.1 Å². The Bertz CT molecular complexity index is 611. The molecule has 0 spiro atoms. The average molecular weight is 462 g/mol. The maximum absolute atomic E-state index is 4.46. The van der Waals surface area contributed by atoms with Crippen LogP contribution in [0.5, 0.6) is 0 Å². The highest BCUT2D eigenvalue weighted by Crippen LogP contribution is 2.14. The van der Waals surface area contributed by atoms with Crippen molar-refractivity contribution in [3.8, 4) is 0 Å². The summed E-state index contributed by atoms with van der Waals surface area (Å²) in [5.74, 6) is 0.820. The molecule has 0 amide bonds. The lowest BCUT2D eigenvalue weighted by Crippen LogP contribution is -2.37.